The summed E-state index contributed by atoms with van der Waals surface area (Å²) in [7, 11) is -2.50. The number of benzene rings is 2. The standard InChI is InChI=1S/C21H26ClN3O5S/c1-4-12-30-19-11-6-16(13-20(19)29-5-2)14-23-24-21(26)15-25(3)31(27,28)18-9-7-17(22)8-10-18/h6-11,13-14H,4-5,12,15H2,1-3H3,(H,24,26)/b23-14-. The van der Waals surface area contributed by atoms with Crippen LogP contribution in [0.1, 0.15) is 25.8 Å². The normalized spacial score (nSPS) is 11.6. The van der Waals surface area contributed by atoms with E-state index in [1.165, 1.54) is 37.5 Å². The highest BCUT2D eigenvalue weighted by atomic mass is 35.5. The molecule has 0 fully saturated rings. The Labute approximate surface area is 187 Å². The molecule has 31 heavy (non-hydrogen) atoms. The number of hydrogen-bond acceptors (Lipinski definition) is 6. The highest BCUT2D eigenvalue weighted by Gasteiger charge is 2.22. The van der Waals surface area contributed by atoms with Crippen molar-refractivity contribution in [3.05, 3.63) is 53.1 Å². The number of nitrogens with one attached hydrogen (secondary N) is 1. The third kappa shape index (κ3) is 7.23. The van der Waals surface area contributed by atoms with Gasteiger partial charge in [0.1, 0.15) is 0 Å². The number of hydrogen-bond donors (Lipinski definition) is 1. The van der Waals surface area contributed by atoms with Crippen molar-refractivity contribution in [2.24, 2.45) is 5.10 Å². The van der Waals surface area contributed by atoms with Gasteiger partial charge < -0.3 is 9.47 Å². The van der Waals surface area contributed by atoms with E-state index in [2.05, 4.69) is 10.5 Å². The Bertz CT molecular complexity index is 1010. The summed E-state index contributed by atoms with van der Waals surface area (Å²) < 4.78 is 37.2. The van der Waals surface area contributed by atoms with Gasteiger partial charge in [-0.2, -0.15) is 9.41 Å². The molecule has 0 spiro atoms. The molecule has 0 radical (unpaired) electrons. The quantitative estimate of drug-likeness (QED) is 0.404. The molecular weight excluding hydrogens is 442 g/mol. The number of nitrogens with zero attached hydrogens (tertiary/aromatic N) is 2. The Morgan fingerprint density at radius 3 is 2.48 bits per heavy atom. The predicted octanol–water partition coefficient (Wildman–Crippen LogP) is 3.30. The van der Waals surface area contributed by atoms with Crippen LogP contribution in [0.4, 0.5) is 0 Å². The highest BCUT2D eigenvalue weighted by Crippen LogP contribution is 2.28. The molecule has 1 amide bonds. The molecule has 10 heteroatoms. The zero-order valence-corrected chi connectivity index (χ0v) is 19.2. The maximum atomic E-state index is 12.5. The number of rotatable bonds is 11. The van der Waals surface area contributed by atoms with E-state index in [1.54, 1.807) is 18.2 Å². The molecule has 0 saturated carbocycles. The molecule has 0 aliphatic heterocycles. The van der Waals surface area contributed by atoms with Crippen molar-refractivity contribution in [3.8, 4) is 11.5 Å². The van der Waals surface area contributed by atoms with Gasteiger partial charge in [-0.05, 0) is 61.4 Å². The Morgan fingerprint density at radius 2 is 1.84 bits per heavy atom. The van der Waals surface area contributed by atoms with Gasteiger partial charge in [0.05, 0.1) is 30.9 Å². The summed E-state index contributed by atoms with van der Waals surface area (Å²) in [5, 5.41) is 4.32. The van der Waals surface area contributed by atoms with Gasteiger partial charge in [0.25, 0.3) is 5.91 Å². The van der Waals surface area contributed by atoms with E-state index in [0.717, 1.165) is 10.7 Å². The van der Waals surface area contributed by atoms with E-state index < -0.39 is 22.5 Å². The lowest BCUT2D eigenvalue weighted by Gasteiger charge is -2.16. The minimum atomic E-state index is -3.82. The number of hydrazone groups is 1. The van der Waals surface area contributed by atoms with Crippen molar-refractivity contribution >= 4 is 33.7 Å². The first-order chi connectivity index (χ1) is 14.8. The van der Waals surface area contributed by atoms with Crippen LogP contribution in [0.2, 0.25) is 5.02 Å². The highest BCUT2D eigenvalue weighted by molar-refractivity contribution is 7.89. The third-order valence-electron chi connectivity index (χ3n) is 4.02. The van der Waals surface area contributed by atoms with Crippen LogP contribution >= 0.6 is 11.6 Å². The van der Waals surface area contributed by atoms with Crippen LogP contribution in [0, 0.1) is 0 Å². The zero-order chi connectivity index (χ0) is 22.9. The minimum Gasteiger partial charge on any atom is -0.490 e. The van der Waals surface area contributed by atoms with Crippen molar-refractivity contribution < 1.29 is 22.7 Å². The number of sulfonamides is 1. The van der Waals surface area contributed by atoms with Crippen molar-refractivity contribution in [2.45, 2.75) is 25.2 Å². The van der Waals surface area contributed by atoms with Crippen molar-refractivity contribution in [1.82, 2.24) is 9.73 Å². The molecule has 0 bridgehead atoms. The lowest BCUT2D eigenvalue weighted by Crippen LogP contribution is -2.36. The molecular formula is C21H26ClN3O5S. The molecule has 0 saturated heterocycles. The number of carbonyl (C=O) groups excluding carboxylic acids is 1. The molecule has 0 aliphatic carbocycles. The maximum absolute atomic E-state index is 12.5. The van der Waals surface area contributed by atoms with Crippen LogP contribution < -0.4 is 14.9 Å². The van der Waals surface area contributed by atoms with Crippen LogP contribution in [0.3, 0.4) is 0 Å². The molecule has 8 nitrogen and oxygen atoms in total. The van der Waals surface area contributed by atoms with Gasteiger partial charge in [-0.1, -0.05) is 18.5 Å². The predicted molar refractivity (Wildman–Crippen MR) is 120 cm³/mol. The molecule has 1 N–H and O–H groups in total. The topological polar surface area (TPSA) is 97.3 Å². The first-order valence-electron chi connectivity index (χ1n) is 9.71. The van der Waals surface area contributed by atoms with Gasteiger partial charge in [0.2, 0.25) is 10.0 Å². The summed E-state index contributed by atoms with van der Waals surface area (Å²) in [4.78, 5) is 12.2. The maximum Gasteiger partial charge on any atom is 0.255 e. The van der Waals surface area contributed by atoms with Crippen LogP contribution in [-0.2, 0) is 14.8 Å². The zero-order valence-electron chi connectivity index (χ0n) is 17.7. The smallest absolute Gasteiger partial charge is 0.255 e. The second-order valence-electron chi connectivity index (χ2n) is 6.50. The average molecular weight is 468 g/mol. The van der Waals surface area contributed by atoms with E-state index >= 15 is 0 Å². The fourth-order valence-corrected chi connectivity index (χ4v) is 3.75. The van der Waals surface area contributed by atoms with Crippen molar-refractivity contribution in [2.75, 3.05) is 26.8 Å². The molecule has 2 aromatic carbocycles. The molecule has 0 unspecified atom stereocenters. The van der Waals surface area contributed by atoms with Crippen LogP contribution in [0.15, 0.2) is 52.5 Å². The lowest BCUT2D eigenvalue weighted by atomic mass is 10.2. The second kappa shape index (κ2) is 11.7. The molecule has 0 atom stereocenters. The van der Waals surface area contributed by atoms with Crippen LogP contribution in [-0.4, -0.2) is 51.7 Å². The Morgan fingerprint density at radius 1 is 1.13 bits per heavy atom. The molecule has 0 heterocycles. The number of carbonyl (C=O) groups is 1. The molecule has 2 rings (SSSR count). The summed E-state index contributed by atoms with van der Waals surface area (Å²) in [5.74, 6) is 0.642. The van der Waals surface area contributed by atoms with E-state index in [4.69, 9.17) is 21.1 Å². The second-order valence-corrected chi connectivity index (χ2v) is 8.98. The van der Waals surface area contributed by atoms with Gasteiger partial charge in [-0.3, -0.25) is 4.79 Å². The monoisotopic (exact) mass is 467 g/mol. The number of likely N-dealkylation sites (N-methyl/N-ethyl adjacent to an activating group) is 1. The fourth-order valence-electron chi connectivity index (χ4n) is 2.49. The average Bonchev–Trinajstić information content (AvgIpc) is 2.73. The van der Waals surface area contributed by atoms with Crippen LogP contribution in [0.25, 0.3) is 0 Å². The summed E-state index contributed by atoms with van der Waals surface area (Å²) >= 11 is 5.79. The van der Waals surface area contributed by atoms with Crippen molar-refractivity contribution in [1.29, 1.82) is 0 Å². The van der Waals surface area contributed by atoms with E-state index in [9.17, 15) is 13.2 Å². The summed E-state index contributed by atoms with van der Waals surface area (Å²) in [6.45, 7) is 4.56. The first-order valence-corrected chi connectivity index (χ1v) is 11.5. The molecule has 2 aromatic rings. The number of ether oxygens (including phenoxy) is 2. The first kappa shape index (κ1) is 24.6. The summed E-state index contributed by atoms with van der Waals surface area (Å²) in [6, 6.07) is 11.0. The van der Waals surface area contributed by atoms with E-state index in [0.29, 0.717) is 35.3 Å². The van der Waals surface area contributed by atoms with Gasteiger partial charge in [0, 0.05) is 12.1 Å². The number of halogens is 1. The Hall–Kier alpha value is -2.62. The summed E-state index contributed by atoms with van der Waals surface area (Å²) in [6.07, 6.45) is 2.32. The van der Waals surface area contributed by atoms with E-state index in [1.807, 2.05) is 13.8 Å². The Kier molecular flexibility index (Phi) is 9.29. The Balaban J connectivity index is 1.98. The molecule has 168 valence electrons. The lowest BCUT2D eigenvalue weighted by molar-refractivity contribution is -0.121. The van der Waals surface area contributed by atoms with Gasteiger partial charge >= 0.3 is 0 Å². The third-order valence-corrected chi connectivity index (χ3v) is 6.09. The van der Waals surface area contributed by atoms with Gasteiger partial charge in [-0.25, -0.2) is 13.8 Å². The molecule has 0 aromatic heterocycles. The SMILES string of the molecule is CCCOc1ccc(/C=N\NC(=O)CN(C)S(=O)(=O)c2ccc(Cl)cc2)cc1OCC. The van der Waals surface area contributed by atoms with Crippen molar-refractivity contribution in [3.63, 3.8) is 0 Å². The summed E-state index contributed by atoms with van der Waals surface area (Å²) in [5.41, 5.74) is 3.02. The van der Waals surface area contributed by atoms with Gasteiger partial charge in [0.15, 0.2) is 11.5 Å². The largest absolute Gasteiger partial charge is 0.490 e. The minimum absolute atomic E-state index is 0.0459. The van der Waals surface area contributed by atoms with Gasteiger partial charge in [-0.15, -0.1) is 0 Å². The van der Waals surface area contributed by atoms with Crippen LogP contribution in [0.5, 0.6) is 11.5 Å². The van der Waals surface area contributed by atoms with E-state index in [-0.39, 0.29) is 4.90 Å². The number of amides is 1. The molecule has 0 aliphatic rings. The fraction of sp³-hybridized carbons (Fsp3) is 0.333.